The lowest BCUT2D eigenvalue weighted by molar-refractivity contribution is -0.137. The summed E-state index contributed by atoms with van der Waals surface area (Å²) in [5, 5.41) is 1.92. The molecule has 1 aliphatic rings. The molecule has 0 spiro atoms. The molecule has 4 nitrogen and oxygen atoms in total. The van der Waals surface area contributed by atoms with E-state index in [1.165, 1.54) is 18.0 Å². The number of allylic oxidation sites excluding steroid dienone is 2. The van der Waals surface area contributed by atoms with Crippen molar-refractivity contribution >= 4 is 29.1 Å². The summed E-state index contributed by atoms with van der Waals surface area (Å²) in [7, 11) is 1.50. The lowest BCUT2D eigenvalue weighted by Gasteiger charge is -2.24. The standard InChI is InChI=1S/C17H18ClF3N2O2/c1-23(16(25)11-5-3-2-4-6-11)10-15(24)22-12-7-8-14(18)13(9-12)17(19,20)21/h2-3,7-9,11H,4-6,10H2,1H3,(H,22,24). The Labute approximate surface area is 148 Å². The van der Waals surface area contributed by atoms with E-state index in [2.05, 4.69) is 5.32 Å². The molecule has 2 rings (SSSR count). The Morgan fingerprint density at radius 2 is 2.04 bits per heavy atom. The minimum atomic E-state index is -4.61. The van der Waals surface area contributed by atoms with Crippen LogP contribution in [0.5, 0.6) is 0 Å². The van der Waals surface area contributed by atoms with Crippen molar-refractivity contribution in [2.24, 2.45) is 5.92 Å². The van der Waals surface area contributed by atoms with Crippen LogP contribution < -0.4 is 5.32 Å². The number of benzene rings is 1. The number of halogens is 4. The highest BCUT2D eigenvalue weighted by atomic mass is 35.5. The fourth-order valence-corrected chi connectivity index (χ4v) is 2.87. The number of hydrogen-bond acceptors (Lipinski definition) is 2. The molecule has 0 saturated heterocycles. The van der Waals surface area contributed by atoms with E-state index in [0.29, 0.717) is 6.42 Å². The van der Waals surface area contributed by atoms with Gasteiger partial charge in [-0.2, -0.15) is 13.2 Å². The molecule has 1 atom stereocenters. The van der Waals surface area contributed by atoms with Gasteiger partial charge in [0.1, 0.15) is 0 Å². The summed E-state index contributed by atoms with van der Waals surface area (Å²) >= 11 is 5.54. The predicted octanol–water partition coefficient (Wildman–Crippen LogP) is 4.11. The van der Waals surface area contributed by atoms with Gasteiger partial charge in [-0.3, -0.25) is 9.59 Å². The zero-order valence-corrected chi connectivity index (χ0v) is 14.3. The maximum atomic E-state index is 12.8. The van der Waals surface area contributed by atoms with Gasteiger partial charge < -0.3 is 10.2 Å². The van der Waals surface area contributed by atoms with E-state index >= 15 is 0 Å². The maximum Gasteiger partial charge on any atom is 0.417 e. The minimum Gasteiger partial charge on any atom is -0.336 e. The summed E-state index contributed by atoms with van der Waals surface area (Å²) in [5.74, 6) is -0.876. The van der Waals surface area contributed by atoms with Gasteiger partial charge in [0, 0.05) is 18.7 Å². The highest BCUT2D eigenvalue weighted by Crippen LogP contribution is 2.36. The summed E-state index contributed by atoms with van der Waals surface area (Å²) < 4.78 is 38.5. The Balaban J connectivity index is 1.98. The fraction of sp³-hybridized carbons (Fsp3) is 0.412. The third-order valence-corrected chi connectivity index (χ3v) is 4.26. The topological polar surface area (TPSA) is 49.4 Å². The molecule has 0 saturated carbocycles. The average molecular weight is 375 g/mol. The zero-order valence-electron chi connectivity index (χ0n) is 13.6. The van der Waals surface area contributed by atoms with Crippen molar-refractivity contribution in [1.82, 2.24) is 4.90 Å². The van der Waals surface area contributed by atoms with Gasteiger partial charge >= 0.3 is 6.18 Å². The van der Waals surface area contributed by atoms with Gasteiger partial charge in [0.25, 0.3) is 0 Å². The van der Waals surface area contributed by atoms with E-state index < -0.39 is 22.7 Å². The van der Waals surface area contributed by atoms with Crippen molar-refractivity contribution < 1.29 is 22.8 Å². The van der Waals surface area contributed by atoms with Crippen LogP contribution in [0.2, 0.25) is 5.02 Å². The molecule has 1 N–H and O–H groups in total. The average Bonchev–Trinajstić information content (AvgIpc) is 2.55. The van der Waals surface area contributed by atoms with Crippen LogP contribution in [-0.2, 0) is 15.8 Å². The van der Waals surface area contributed by atoms with Crippen molar-refractivity contribution in [3.63, 3.8) is 0 Å². The van der Waals surface area contributed by atoms with Crippen molar-refractivity contribution in [3.05, 3.63) is 40.9 Å². The normalized spacial score (nSPS) is 17.2. The van der Waals surface area contributed by atoms with E-state index in [1.54, 1.807) is 0 Å². The molecule has 1 unspecified atom stereocenters. The quantitative estimate of drug-likeness (QED) is 0.806. The number of nitrogens with zero attached hydrogens (tertiary/aromatic N) is 1. The second-order valence-electron chi connectivity index (χ2n) is 5.92. The molecule has 1 aromatic carbocycles. The summed E-state index contributed by atoms with van der Waals surface area (Å²) in [6.07, 6.45) is 1.52. The van der Waals surface area contributed by atoms with E-state index in [-0.39, 0.29) is 24.1 Å². The SMILES string of the molecule is CN(CC(=O)Nc1ccc(Cl)c(C(F)(F)F)c1)C(=O)C1CC=CCC1. The molecule has 0 fully saturated rings. The molecular formula is C17H18ClF3N2O2. The van der Waals surface area contributed by atoms with Crippen molar-refractivity contribution in [2.75, 3.05) is 18.9 Å². The van der Waals surface area contributed by atoms with Crippen LogP contribution in [0, 0.1) is 5.92 Å². The lowest BCUT2D eigenvalue weighted by atomic mass is 9.93. The Bertz CT molecular complexity index is 689. The van der Waals surface area contributed by atoms with Crippen LogP contribution in [0.15, 0.2) is 30.4 Å². The molecule has 0 aliphatic heterocycles. The summed E-state index contributed by atoms with van der Waals surface area (Å²) in [5.41, 5.74) is -1.05. The van der Waals surface area contributed by atoms with Crippen LogP contribution >= 0.6 is 11.6 Å². The van der Waals surface area contributed by atoms with Crippen molar-refractivity contribution in [3.8, 4) is 0 Å². The summed E-state index contributed by atoms with van der Waals surface area (Å²) in [4.78, 5) is 25.6. The van der Waals surface area contributed by atoms with Crippen LogP contribution in [0.3, 0.4) is 0 Å². The molecule has 1 aromatic rings. The van der Waals surface area contributed by atoms with Gasteiger partial charge in [0.05, 0.1) is 17.1 Å². The van der Waals surface area contributed by atoms with Gasteiger partial charge in [-0.1, -0.05) is 23.8 Å². The second kappa shape index (κ2) is 7.91. The number of hydrogen-bond donors (Lipinski definition) is 1. The smallest absolute Gasteiger partial charge is 0.336 e. The molecule has 2 amide bonds. The van der Waals surface area contributed by atoms with Crippen LogP contribution in [0.1, 0.15) is 24.8 Å². The van der Waals surface area contributed by atoms with Gasteiger partial charge in [0.15, 0.2) is 0 Å². The van der Waals surface area contributed by atoms with Crippen LogP contribution in [0.25, 0.3) is 0 Å². The van der Waals surface area contributed by atoms with Gasteiger partial charge in [-0.15, -0.1) is 0 Å². The summed E-state index contributed by atoms with van der Waals surface area (Å²) in [6.45, 7) is -0.233. The highest BCUT2D eigenvalue weighted by molar-refractivity contribution is 6.31. The van der Waals surface area contributed by atoms with Crippen LogP contribution in [0.4, 0.5) is 18.9 Å². The number of nitrogens with one attached hydrogen (secondary N) is 1. The number of carbonyl (C=O) groups excluding carboxylic acids is 2. The van der Waals surface area contributed by atoms with Gasteiger partial charge in [0.2, 0.25) is 11.8 Å². The molecule has 1 aliphatic carbocycles. The zero-order chi connectivity index (χ0) is 18.6. The molecule has 0 bridgehead atoms. The van der Waals surface area contributed by atoms with Gasteiger partial charge in [-0.25, -0.2) is 0 Å². The molecule has 0 aromatic heterocycles. The third kappa shape index (κ3) is 5.22. The first-order valence-electron chi connectivity index (χ1n) is 7.75. The number of amides is 2. The Morgan fingerprint density at radius 1 is 1.32 bits per heavy atom. The van der Waals surface area contributed by atoms with Gasteiger partial charge in [-0.05, 0) is 37.5 Å². The Kier molecular flexibility index (Phi) is 6.11. The molecule has 8 heteroatoms. The maximum absolute atomic E-state index is 12.8. The van der Waals surface area contributed by atoms with E-state index in [9.17, 15) is 22.8 Å². The van der Waals surface area contributed by atoms with E-state index in [1.807, 2.05) is 12.2 Å². The van der Waals surface area contributed by atoms with E-state index in [0.717, 1.165) is 25.0 Å². The molecule has 0 radical (unpaired) electrons. The summed E-state index contributed by atoms with van der Waals surface area (Å²) in [6, 6.07) is 3.13. The number of carbonyl (C=O) groups is 2. The first-order valence-corrected chi connectivity index (χ1v) is 8.13. The lowest BCUT2D eigenvalue weighted by Crippen LogP contribution is -2.38. The molecule has 136 valence electrons. The number of alkyl halides is 3. The number of likely N-dealkylation sites (N-methyl/N-ethyl adjacent to an activating group) is 1. The fourth-order valence-electron chi connectivity index (χ4n) is 2.64. The number of rotatable bonds is 4. The molecule has 0 heterocycles. The first-order chi connectivity index (χ1) is 11.7. The largest absolute Gasteiger partial charge is 0.417 e. The van der Waals surface area contributed by atoms with Crippen molar-refractivity contribution in [2.45, 2.75) is 25.4 Å². The van der Waals surface area contributed by atoms with Crippen LogP contribution in [-0.4, -0.2) is 30.3 Å². The minimum absolute atomic E-state index is 0.0248. The Hall–Kier alpha value is -2.02. The third-order valence-electron chi connectivity index (χ3n) is 3.93. The monoisotopic (exact) mass is 374 g/mol. The second-order valence-corrected chi connectivity index (χ2v) is 6.32. The predicted molar refractivity (Wildman–Crippen MR) is 89.2 cm³/mol. The Morgan fingerprint density at radius 3 is 2.64 bits per heavy atom. The van der Waals surface area contributed by atoms with Crippen molar-refractivity contribution in [1.29, 1.82) is 0 Å². The van der Waals surface area contributed by atoms with E-state index in [4.69, 9.17) is 11.6 Å². The molecule has 25 heavy (non-hydrogen) atoms. The highest BCUT2D eigenvalue weighted by Gasteiger charge is 2.33. The molecular weight excluding hydrogens is 357 g/mol. The first kappa shape index (κ1) is 19.3. The number of anilines is 1.